The van der Waals surface area contributed by atoms with E-state index in [4.69, 9.17) is 0 Å². The van der Waals surface area contributed by atoms with E-state index in [0.717, 1.165) is 24.8 Å². The molecule has 2 bridgehead atoms. The summed E-state index contributed by atoms with van der Waals surface area (Å²) in [6.07, 6.45) is 6.71. The van der Waals surface area contributed by atoms with Crippen molar-refractivity contribution in [2.45, 2.75) is 58.4 Å². The van der Waals surface area contributed by atoms with E-state index < -0.39 is 0 Å². The molecule has 116 valence electrons. The van der Waals surface area contributed by atoms with Crippen molar-refractivity contribution in [1.82, 2.24) is 5.32 Å². The summed E-state index contributed by atoms with van der Waals surface area (Å²) in [5.74, 6) is 2.20. The van der Waals surface area contributed by atoms with Crippen molar-refractivity contribution in [3.63, 3.8) is 0 Å². The minimum Gasteiger partial charge on any atom is -0.508 e. The van der Waals surface area contributed by atoms with Crippen LogP contribution in [0.5, 0.6) is 5.75 Å². The van der Waals surface area contributed by atoms with Crippen LogP contribution in [0.2, 0.25) is 0 Å². The molecule has 0 heterocycles. The fraction of sp³-hybridized carbons (Fsp3) is 0.684. The molecule has 0 saturated heterocycles. The van der Waals surface area contributed by atoms with Gasteiger partial charge in [-0.1, -0.05) is 18.6 Å². The summed E-state index contributed by atoms with van der Waals surface area (Å²) in [6.45, 7) is 7.86. The molecule has 3 atom stereocenters. The summed E-state index contributed by atoms with van der Waals surface area (Å²) in [5, 5.41) is 13.5. The van der Waals surface area contributed by atoms with Crippen molar-refractivity contribution in [1.29, 1.82) is 0 Å². The molecule has 2 saturated carbocycles. The zero-order chi connectivity index (χ0) is 15.1. The highest BCUT2D eigenvalue weighted by Gasteiger charge is 2.50. The maximum Gasteiger partial charge on any atom is 0.115 e. The molecule has 3 unspecified atom stereocenters. The second-order valence-electron chi connectivity index (χ2n) is 8.39. The van der Waals surface area contributed by atoms with E-state index in [0.29, 0.717) is 11.2 Å². The lowest BCUT2D eigenvalue weighted by Gasteiger charge is -2.40. The number of benzene rings is 1. The van der Waals surface area contributed by atoms with Crippen LogP contribution in [0.25, 0.3) is 0 Å². The molecule has 2 fully saturated rings. The van der Waals surface area contributed by atoms with Gasteiger partial charge < -0.3 is 10.4 Å². The van der Waals surface area contributed by atoms with Gasteiger partial charge in [-0.25, -0.2) is 0 Å². The summed E-state index contributed by atoms with van der Waals surface area (Å²) < 4.78 is 0. The molecule has 2 N–H and O–H groups in total. The fourth-order valence-electron chi connectivity index (χ4n) is 4.57. The third-order valence-electron chi connectivity index (χ3n) is 5.54. The van der Waals surface area contributed by atoms with Gasteiger partial charge in [0.25, 0.3) is 0 Å². The van der Waals surface area contributed by atoms with Crippen LogP contribution in [0.15, 0.2) is 24.3 Å². The molecule has 0 aromatic heterocycles. The first-order valence-electron chi connectivity index (χ1n) is 8.39. The monoisotopic (exact) mass is 287 g/mol. The van der Waals surface area contributed by atoms with E-state index in [2.05, 4.69) is 32.2 Å². The number of nitrogens with one attached hydrogen (secondary N) is 1. The van der Waals surface area contributed by atoms with Gasteiger partial charge in [0.2, 0.25) is 0 Å². The molecule has 3 rings (SSSR count). The zero-order valence-corrected chi connectivity index (χ0v) is 13.7. The molecule has 1 aromatic rings. The molecule has 0 aliphatic heterocycles. The van der Waals surface area contributed by atoms with Crippen LogP contribution in [0.4, 0.5) is 0 Å². The first kappa shape index (κ1) is 14.9. The Morgan fingerprint density at radius 3 is 2.67 bits per heavy atom. The summed E-state index contributed by atoms with van der Waals surface area (Å²) in [5.41, 5.74) is 1.86. The van der Waals surface area contributed by atoms with Crippen molar-refractivity contribution in [2.75, 3.05) is 6.54 Å². The van der Waals surface area contributed by atoms with Crippen LogP contribution >= 0.6 is 0 Å². The minimum absolute atomic E-state index is 0.174. The van der Waals surface area contributed by atoms with Gasteiger partial charge in [0, 0.05) is 12.1 Å². The Morgan fingerprint density at radius 2 is 2.10 bits per heavy atom. The standard InChI is InChI=1S/C19H29NO/c1-18(2,3)20-13-19(12-15-7-8-16(19)9-15)11-14-5-4-6-17(21)10-14/h4-6,10,15-16,20-21H,7-9,11-13H2,1-3H3. The Hall–Kier alpha value is -1.02. The van der Waals surface area contributed by atoms with Crippen LogP contribution in [0.1, 0.15) is 52.0 Å². The first-order chi connectivity index (χ1) is 9.86. The molecule has 21 heavy (non-hydrogen) atoms. The lowest BCUT2D eigenvalue weighted by Crippen LogP contribution is -2.47. The Bertz CT molecular complexity index is 505. The highest BCUT2D eigenvalue weighted by Crippen LogP contribution is 2.57. The molecule has 2 aliphatic rings. The molecule has 1 aromatic carbocycles. The normalized spacial score (nSPS) is 31.8. The SMILES string of the molecule is CC(C)(C)NCC1(Cc2cccc(O)c2)CC2CCC1C2. The largest absolute Gasteiger partial charge is 0.508 e. The van der Waals surface area contributed by atoms with Crippen molar-refractivity contribution in [2.24, 2.45) is 17.3 Å². The van der Waals surface area contributed by atoms with Crippen molar-refractivity contribution in [3.05, 3.63) is 29.8 Å². The lowest BCUT2D eigenvalue weighted by atomic mass is 9.69. The lowest BCUT2D eigenvalue weighted by molar-refractivity contribution is 0.143. The van der Waals surface area contributed by atoms with E-state index in [1.807, 2.05) is 12.1 Å². The van der Waals surface area contributed by atoms with E-state index in [9.17, 15) is 5.11 Å². The third-order valence-corrected chi connectivity index (χ3v) is 5.54. The summed E-state index contributed by atoms with van der Waals surface area (Å²) in [4.78, 5) is 0. The quantitative estimate of drug-likeness (QED) is 0.872. The minimum atomic E-state index is 0.174. The molecule has 2 nitrogen and oxygen atoms in total. The van der Waals surface area contributed by atoms with E-state index in [1.54, 1.807) is 6.07 Å². The molecule has 0 spiro atoms. The number of rotatable bonds is 4. The summed E-state index contributed by atoms with van der Waals surface area (Å²) in [7, 11) is 0. The predicted molar refractivity (Wildman–Crippen MR) is 87.4 cm³/mol. The van der Waals surface area contributed by atoms with E-state index >= 15 is 0 Å². The van der Waals surface area contributed by atoms with Crippen LogP contribution in [0, 0.1) is 17.3 Å². The molecule has 0 radical (unpaired) electrons. The van der Waals surface area contributed by atoms with Gasteiger partial charge in [0.15, 0.2) is 0 Å². The Labute approximate surface area is 129 Å². The Balaban J connectivity index is 1.80. The van der Waals surface area contributed by atoms with Gasteiger partial charge in [-0.15, -0.1) is 0 Å². The highest BCUT2D eigenvalue weighted by atomic mass is 16.3. The highest BCUT2D eigenvalue weighted by molar-refractivity contribution is 5.28. The average molecular weight is 287 g/mol. The van der Waals surface area contributed by atoms with Crippen molar-refractivity contribution in [3.8, 4) is 5.75 Å². The molecular weight excluding hydrogens is 258 g/mol. The average Bonchev–Trinajstić information content (AvgIpc) is 2.96. The van der Waals surface area contributed by atoms with Crippen molar-refractivity contribution >= 4 is 0 Å². The van der Waals surface area contributed by atoms with Gasteiger partial charge in [-0.3, -0.25) is 0 Å². The second-order valence-corrected chi connectivity index (χ2v) is 8.39. The molecule has 2 aliphatic carbocycles. The topological polar surface area (TPSA) is 32.3 Å². The number of aromatic hydroxyl groups is 1. The Morgan fingerprint density at radius 1 is 1.29 bits per heavy atom. The van der Waals surface area contributed by atoms with E-state index in [-0.39, 0.29) is 5.54 Å². The van der Waals surface area contributed by atoms with Crippen LogP contribution in [-0.2, 0) is 6.42 Å². The maximum atomic E-state index is 9.75. The van der Waals surface area contributed by atoms with Crippen molar-refractivity contribution < 1.29 is 5.11 Å². The predicted octanol–water partition coefficient (Wildman–Crippen LogP) is 4.13. The number of fused-ring (bicyclic) bond motifs is 2. The summed E-state index contributed by atoms with van der Waals surface area (Å²) in [6, 6.07) is 7.86. The maximum absolute atomic E-state index is 9.75. The zero-order valence-electron chi connectivity index (χ0n) is 13.7. The fourth-order valence-corrected chi connectivity index (χ4v) is 4.57. The van der Waals surface area contributed by atoms with E-state index in [1.165, 1.54) is 31.2 Å². The second kappa shape index (κ2) is 5.31. The number of hydrogen-bond donors (Lipinski definition) is 2. The van der Waals surface area contributed by atoms with Crippen LogP contribution < -0.4 is 5.32 Å². The summed E-state index contributed by atoms with van der Waals surface area (Å²) >= 11 is 0. The number of hydrogen-bond acceptors (Lipinski definition) is 2. The van der Waals surface area contributed by atoms with Gasteiger partial charge >= 0.3 is 0 Å². The number of phenols is 1. The molecular formula is C19H29NO. The van der Waals surface area contributed by atoms with Gasteiger partial charge in [0.05, 0.1) is 0 Å². The smallest absolute Gasteiger partial charge is 0.115 e. The van der Waals surface area contributed by atoms with Gasteiger partial charge in [-0.05, 0) is 81.4 Å². The molecule has 2 heteroatoms. The van der Waals surface area contributed by atoms with Crippen LogP contribution in [0.3, 0.4) is 0 Å². The van der Waals surface area contributed by atoms with Gasteiger partial charge in [-0.2, -0.15) is 0 Å². The molecule has 0 amide bonds. The first-order valence-corrected chi connectivity index (χ1v) is 8.39. The number of phenolic OH excluding ortho intramolecular Hbond substituents is 1. The third kappa shape index (κ3) is 3.26. The van der Waals surface area contributed by atoms with Gasteiger partial charge in [0.1, 0.15) is 5.75 Å². The Kier molecular flexibility index (Phi) is 3.77. The van der Waals surface area contributed by atoms with Crippen LogP contribution in [-0.4, -0.2) is 17.2 Å².